The molecule has 2 atom stereocenters. The van der Waals surface area contributed by atoms with E-state index in [9.17, 15) is 5.11 Å². The summed E-state index contributed by atoms with van der Waals surface area (Å²) in [7, 11) is 0. The zero-order valence-electron chi connectivity index (χ0n) is 9.48. The highest BCUT2D eigenvalue weighted by atomic mass is 16.5. The predicted octanol–water partition coefficient (Wildman–Crippen LogP) is -0.156. The molecule has 1 aliphatic heterocycles. The summed E-state index contributed by atoms with van der Waals surface area (Å²) >= 11 is 0. The largest absolute Gasteiger partial charge is 0.390 e. The molecule has 88 valence electrons. The van der Waals surface area contributed by atoms with Gasteiger partial charge in [-0.2, -0.15) is 0 Å². The Morgan fingerprint density at radius 2 is 2.20 bits per heavy atom. The van der Waals surface area contributed by atoms with Gasteiger partial charge in [-0.25, -0.2) is 0 Å². The minimum atomic E-state index is -0.314. The fraction of sp³-hybridized carbons (Fsp3) is 0.818. The molecule has 1 rings (SSSR count). The molecule has 0 bridgehead atoms. The fourth-order valence-corrected chi connectivity index (χ4v) is 1.55. The number of ether oxygens (including phenoxy) is 1. The quantitative estimate of drug-likeness (QED) is 0.603. The molecule has 1 fully saturated rings. The zero-order valence-corrected chi connectivity index (χ0v) is 9.48. The fourth-order valence-electron chi connectivity index (χ4n) is 1.55. The van der Waals surface area contributed by atoms with Gasteiger partial charge in [0, 0.05) is 32.2 Å². The minimum Gasteiger partial charge on any atom is -0.390 e. The normalized spacial score (nSPS) is 22.3. The van der Waals surface area contributed by atoms with Crippen LogP contribution in [0.3, 0.4) is 0 Å². The average molecular weight is 214 g/mol. The third kappa shape index (κ3) is 5.28. The Labute approximate surface area is 91.9 Å². The highest BCUT2D eigenvalue weighted by Gasteiger charge is 2.14. The molecule has 0 radical (unpaired) electrons. The molecule has 0 saturated carbocycles. The number of aliphatic hydroxyl groups is 1. The Morgan fingerprint density at radius 1 is 1.53 bits per heavy atom. The first kappa shape index (κ1) is 12.6. The molecule has 2 N–H and O–H groups in total. The van der Waals surface area contributed by atoms with Gasteiger partial charge < -0.3 is 15.2 Å². The van der Waals surface area contributed by atoms with E-state index in [4.69, 9.17) is 4.74 Å². The number of hydrogen-bond donors (Lipinski definition) is 2. The van der Waals surface area contributed by atoms with Gasteiger partial charge in [0.15, 0.2) is 0 Å². The maximum Gasteiger partial charge on any atom is 0.0791 e. The van der Waals surface area contributed by atoms with Crippen molar-refractivity contribution in [1.29, 1.82) is 0 Å². The van der Waals surface area contributed by atoms with E-state index in [1.165, 1.54) is 0 Å². The summed E-state index contributed by atoms with van der Waals surface area (Å²) in [5.74, 6) is 0. The van der Waals surface area contributed by atoms with Crippen molar-refractivity contribution < 1.29 is 9.84 Å². The molecule has 1 saturated heterocycles. The van der Waals surface area contributed by atoms with Crippen LogP contribution in [-0.2, 0) is 4.74 Å². The standard InChI is InChI=1S/C11H22N2O2/c1-3-10(2)12-8-11(14)9-13-4-6-15-7-5-13/h3,10-12,14H,1,4-9H2,2H3. The van der Waals surface area contributed by atoms with E-state index in [2.05, 4.69) is 16.8 Å². The lowest BCUT2D eigenvalue weighted by molar-refractivity contribution is 0.0147. The maximum absolute atomic E-state index is 9.77. The van der Waals surface area contributed by atoms with Crippen LogP contribution in [0.25, 0.3) is 0 Å². The van der Waals surface area contributed by atoms with Gasteiger partial charge >= 0.3 is 0 Å². The second-order valence-corrected chi connectivity index (χ2v) is 4.00. The summed E-state index contributed by atoms with van der Waals surface area (Å²) < 4.78 is 5.24. The number of aliphatic hydroxyl groups excluding tert-OH is 1. The molecular formula is C11H22N2O2. The zero-order chi connectivity index (χ0) is 11.1. The monoisotopic (exact) mass is 214 g/mol. The van der Waals surface area contributed by atoms with Gasteiger partial charge in [0.2, 0.25) is 0 Å². The van der Waals surface area contributed by atoms with Gasteiger partial charge in [0.1, 0.15) is 0 Å². The van der Waals surface area contributed by atoms with Crippen molar-refractivity contribution in [2.24, 2.45) is 0 Å². The van der Waals surface area contributed by atoms with Crippen LogP contribution in [0.15, 0.2) is 12.7 Å². The molecule has 0 aromatic carbocycles. The number of rotatable bonds is 6. The third-order valence-electron chi connectivity index (χ3n) is 2.60. The first-order valence-corrected chi connectivity index (χ1v) is 5.56. The summed E-state index contributed by atoms with van der Waals surface area (Å²) in [6.45, 7) is 10.5. The Balaban J connectivity index is 2.11. The average Bonchev–Trinajstić information content (AvgIpc) is 2.27. The van der Waals surface area contributed by atoms with Crippen LogP contribution >= 0.6 is 0 Å². The highest BCUT2D eigenvalue weighted by Crippen LogP contribution is 1.98. The third-order valence-corrected chi connectivity index (χ3v) is 2.60. The van der Waals surface area contributed by atoms with E-state index < -0.39 is 0 Å². The van der Waals surface area contributed by atoms with Gasteiger partial charge in [-0.15, -0.1) is 6.58 Å². The van der Waals surface area contributed by atoms with E-state index in [0.717, 1.165) is 32.8 Å². The Kier molecular flexibility index (Phi) is 5.86. The summed E-state index contributed by atoms with van der Waals surface area (Å²) in [5.41, 5.74) is 0. The van der Waals surface area contributed by atoms with E-state index in [1.54, 1.807) is 0 Å². The van der Waals surface area contributed by atoms with Crippen molar-refractivity contribution in [3.05, 3.63) is 12.7 Å². The molecule has 15 heavy (non-hydrogen) atoms. The van der Waals surface area contributed by atoms with E-state index in [-0.39, 0.29) is 12.1 Å². The first-order valence-electron chi connectivity index (χ1n) is 5.56. The lowest BCUT2D eigenvalue weighted by atomic mass is 10.2. The summed E-state index contributed by atoms with van der Waals surface area (Å²) in [5, 5.41) is 13.0. The maximum atomic E-state index is 9.77. The summed E-state index contributed by atoms with van der Waals surface area (Å²) in [4.78, 5) is 2.23. The second-order valence-electron chi connectivity index (χ2n) is 4.00. The smallest absolute Gasteiger partial charge is 0.0791 e. The van der Waals surface area contributed by atoms with Gasteiger partial charge in [0.25, 0.3) is 0 Å². The van der Waals surface area contributed by atoms with Crippen molar-refractivity contribution in [3.8, 4) is 0 Å². The van der Waals surface area contributed by atoms with Crippen molar-refractivity contribution >= 4 is 0 Å². The summed E-state index contributed by atoms with van der Waals surface area (Å²) in [6.07, 6.45) is 1.52. The van der Waals surface area contributed by atoms with Crippen LogP contribution in [0.4, 0.5) is 0 Å². The van der Waals surface area contributed by atoms with Gasteiger partial charge in [-0.05, 0) is 6.92 Å². The Bertz CT molecular complexity index is 181. The van der Waals surface area contributed by atoms with Crippen molar-refractivity contribution in [2.45, 2.75) is 19.1 Å². The Morgan fingerprint density at radius 3 is 2.80 bits per heavy atom. The number of β-amino-alcohol motifs (C(OH)–C–C–N with tert-alkyl or cyclic N) is 1. The lowest BCUT2D eigenvalue weighted by Gasteiger charge is -2.28. The number of morpholine rings is 1. The highest BCUT2D eigenvalue weighted by molar-refractivity contribution is 4.82. The van der Waals surface area contributed by atoms with Crippen molar-refractivity contribution in [3.63, 3.8) is 0 Å². The predicted molar refractivity (Wildman–Crippen MR) is 60.9 cm³/mol. The Hall–Kier alpha value is -0.420. The van der Waals surface area contributed by atoms with E-state index in [1.807, 2.05) is 13.0 Å². The van der Waals surface area contributed by atoms with Crippen molar-refractivity contribution in [2.75, 3.05) is 39.4 Å². The van der Waals surface area contributed by atoms with Gasteiger partial charge in [-0.1, -0.05) is 6.08 Å². The minimum absolute atomic E-state index is 0.254. The topological polar surface area (TPSA) is 44.7 Å². The van der Waals surface area contributed by atoms with Gasteiger partial charge in [-0.3, -0.25) is 4.90 Å². The van der Waals surface area contributed by atoms with Crippen LogP contribution in [0.2, 0.25) is 0 Å². The summed E-state index contributed by atoms with van der Waals surface area (Å²) in [6, 6.07) is 0.254. The molecule has 0 amide bonds. The number of hydrogen-bond acceptors (Lipinski definition) is 4. The molecule has 1 aliphatic rings. The van der Waals surface area contributed by atoms with E-state index in [0.29, 0.717) is 6.54 Å². The molecule has 0 spiro atoms. The molecular weight excluding hydrogens is 192 g/mol. The molecule has 0 aliphatic carbocycles. The molecule has 0 aromatic rings. The SMILES string of the molecule is C=CC(C)NCC(O)CN1CCOCC1. The number of nitrogens with one attached hydrogen (secondary N) is 1. The van der Waals surface area contributed by atoms with Crippen LogP contribution in [0, 0.1) is 0 Å². The van der Waals surface area contributed by atoms with Crippen LogP contribution in [0.5, 0.6) is 0 Å². The second kappa shape index (κ2) is 6.95. The van der Waals surface area contributed by atoms with Crippen LogP contribution in [-0.4, -0.2) is 61.5 Å². The molecule has 0 aromatic heterocycles. The lowest BCUT2D eigenvalue weighted by Crippen LogP contribution is -2.44. The van der Waals surface area contributed by atoms with E-state index >= 15 is 0 Å². The molecule has 2 unspecified atom stereocenters. The van der Waals surface area contributed by atoms with Crippen LogP contribution < -0.4 is 5.32 Å². The number of nitrogens with zero attached hydrogens (tertiary/aromatic N) is 1. The van der Waals surface area contributed by atoms with Gasteiger partial charge in [0.05, 0.1) is 19.3 Å². The van der Waals surface area contributed by atoms with Crippen molar-refractivity contribution in [1.82, 2.24) is 10.2 Å². The molecule has 4 nitrogen and oxygen atoms in total. The van der Waals surface area contributed by atoms with Crippen LogP contribution in [0.1, 0.15) is 6.92 Å². The molecule has 1 heterocycles. The molecule has 4 heteroatoms. The first-order chi connectivity index (χ1) is 7.22.